The molecule has 1 saturated carbocycles. The van der Waals surface area contributed by atoms with Gasteiger partial charge in [0.05, 0.1) is 6.10 Å². The molecule has 0 radical (unpaired) electrons. The molecule has 0 amide bonds. The van der Waals surface area contributed by atoms with Gasteiger partial charge >= 0.3 is 0 Å². The first kappa shape index (κ1) is 13.4. The van der Waals surface area contributed by atoms with Crippen LogP contribution in [-0.4, -0.2) is 28.7 Å². The SMILES string of the molecule is NCC1c2cccc(Cl)c2CN1C1CCC(O)CC1. The Labute approximate surface area is 119 Å². The molecule has 3 nitrogen and oxygen atoms in total. The molecular formula is C15H21ClN2O. The molecule has 1 heterocycles. The molecule has 1 fully saturated rings. The van der Waals surface area contributed by atoms with Gasteiger partial charge in [-0.1, -0.05) is 23.7 Å². The molecule has 104 valence electrons. The number of benzene rings is 1. The number of hydrogen-bond acceptors (Lipinski definition) is 3. The van der Waals surface area contributed by atoms with E-state index in [-0.39, 0.29) is 12.1 Å². The minimum Gasteiger partial charge on any atom is -0.393 e. The van der Waals surface area contributed by atoms with Gasteiger partial charge in [-0.05, 0) is 42.9 Å². The van der Waals surface area contributed by atoms with E-state index in [1.54, 1.807) is 0 Å². The summed E-state index contributed by atoms with van der Waals surface area (Å²) in [6, 6.07) is 6.94. The van der Waals surface area contributed by atoms with Crippen LogP contribution in [0, 0.1) is 0 Å². The highest BCUT2D eigenvalue weighted by Crippen LogP contribution is 2.40. The molecule has 1 aromatic carbocycles. The normalized spacial score (nSPS) is 31.4. The summed E-state index contributed by atoms with van der Waals surface area (Å²) in [5.74, 6) is 0. The Morgan fingerprint density at radius 1 is 1.26 bits per heavy atom. The molecular weight excluding hydrogens is 260 g/mol. The van der Waals surface area contributed by atoms with Crippen molar-refractivity contribution in [1.82, 2.24) is 4.90 Å². The summed E-state index contributed by atoms with van der Waals surface area (Å²) in [6.07, 6.45) is 3.82. The van der Waals surface area contributed by atoms with Crippen LogP contribution in [0.15, 0.2) is 18.2 Å². The highest BCUT2D eigenvalue weighted by molar-refractivity contribution is 6.31. The van der Waals surface area contributed by atoms with Crippen LogP contribution in [0.1, 0.15) is 42.9 Å². The predicted molar refractivity (Wildman–Crippen MR) is 77.1 cm³/mol. The highest BCUT2D eigenvalue weighted by atomic mass is 35.5. The van der Waals surface area contributed by atoms with E-state index in [2.05, 4.69) is 11.0 Å². The van der Waals surface area contributed by atoms with Gasteiger partial charge in [0.2, 0.25) is 0 Å². The van der Waals surface area contributed by atoms with Crippen molar-refractivity contribution in [3.05, 3.63) is 34.3 Å². The van der Waals surface area contributed by atoms with E-state index in [9.17, 15) is 5.11 Å². The van der Waals surface area contributed by atoms with Crippen molar-refractivity contribution in [2.24, 2.45) is 5.73 Å². The maximum absolute atomic E-state index is 9.65. The van der Waals surface area contributed by atoms with Gasteiger partial charge in [-0.25, -0.2) is 0 Å². The molecule has 2 aliphatic rings. The van der Waals surface area contributed by atoms with Crippen molar-refractivity contribution in [1.29, 1.82) is 0 Å². The topological polar surface area (TPSA) is 49.5 Å². The summed E-state index contributed by atoms with van der Waals surface area (Å²) in [7, 11) is 0. The second kappa shape index (κ2) is 5.41. The summed E-state index contributed by atoms with van der Waals surface area (Å²) >= 11 is 6.31. The quantitative estimate of drug-likeness (QED) is 0.875. The summed E-state index contributed by atoms with van der Waals surface area (Å²) in [4.78, 5) is 2.49. The van der Waals surface area contributed by atoms with Crippen LogP contribution in [-0.2, 0) is 6.54 Å². The lowest BCUT2D eigenvalue weighted by Gasteiger charge is -2.36. The molecule has 1 aromatic rings. The van der Waals surface area contributed by atoms with E-state index in [1.807, 2.05) is 12.1 Å². The average molecular weight is 281 g/mol. The van der Waals surface area contributed by atoms with Crippen LogP contribution in [0.2, 0.25) is 5.02 Å². The van der Waals surface area contributed by atoms with E-state index in [1.165, 1.54) is 11.1 Å². The van der Waals surface area contributed by atoms with Crippen molar-refractivity contribution < 1.29 is 5.11 Å². The first-order valence-corrected chi connectivity index (χ1v) is 7.49. The minimum atomic E-state index is -0.110. The number of hydrogen-bond donors (Lipinski definition) is 2. The Balaban J connectivity index is 1.83. The second-order valence-electron chi connectivity index (χ2n) is 5.69. The van der Waals surface area contributed by atoms with E-state index in [0.29, 0.717) is 12.6 Å². The van der Waals surface area contributed by atoms with E-state index >= 15 is 0 Å². The lowest BCUT2D eigenvalue weighted by Crippen LogP contribution is -2.40. The van der Waals surface area contributed by atoms with Gasteiger partial charge in [0.15, 0.2) is 0 Å². The smallest absolute Gasteiger partial charge is 0.0541 e. The number of halogens is 1. The molecule has 1 atom stereocenters. The lowest BCUT2D eigenvalue weighted by molar-refractivity contribution is 0.0571. The third-order valence-electron chi connectivity index (χ3n) is 4.61. The third kappa shape index (κ3) is 2.40. The first-order valence-electron chi connectivity index (χ1n) is 7.12. The number of aliphatic hydroxyl groups is 1. The standard InChI is InChI=1S/C15H21ClN2O/c16-14-3-1-2-12-13(14)9-18(15(12)8-17)10-4-6-11(19)7-5-10/h1-3,10-11,15,19H,4-9,17H2. The Morgan fingerprint density at radius 3 is 2.68 bits per heavy atom. The van der Waals surface area contributed by atoms with Crippen molar-refractivity contribution in [2.75, 3.05) is 6.54 Å². The van der Waals surface area contributed by atoms with E-state index in [0.717, 1.165) is 37.3 Å². The van der Waals surface area contributed by atoms with Crippen molar-refractivity contribution in [3.63, 3.8) is 0 Å². The summed E-state index contributed by atoms with van der Waals surface area (Å²) < 4.78 is 0. The van der Waals surface area contributed by atoms with Gasteiger partial charge in [0, 0.05) is 30.2 Å². The van der Waals surface area contributed by atoms with Gasteiger partial charge in [0.1, 0.15) is 0 Å². The van der Waals surface area contributed by atoms with Crippen molar-refractivity contribution in [2.45, 2.75) is 50.4 Å². The third-order valence-corrected chi connectivity index (χ3v) is 4.97. The molecule has 1 aliphatic heterocycles. The number of aliphatic hydroxyl groups excluding tert-OH is 1. The van der Waals surface area contributed by atoms with Gasteiger partial charge in [-0.15, -0.1) is 0 Å². The van der Waals surface area contributed by atoms with Crippen molar-refractivity contribution in [3.8, 4) is 0 Å². The van der Waals surface area contributed by atoms with Crippen LogP contribution in [0.5, 0.6) is 0 Å². The summed E-state index contributed by atoms with van der Waals surface area (Å²) in [5.41, 5.74) is 8.52. The van der Waals surface area contributed by atoms with Crippen LogP contribution in [0.3, 0.4) is 0 Å². The highest BCUT2D eigenvalue weighted by Gasteiger charge is 2.36. The largest absolute Gasteiger partial charge is 0.393 e. The Hall–Kier alpha value is -0.610. The molecule has 0 saturated heterocycles. The fourth-order valence-corrected chi connectivity index (χ4v) is 3.80. The molecule has 1 unspecified atom stereocenters. The molecule has 0 spiro atoms. The van der Waals surface area contributed by atoms with Crippen LogP contribution in [0.4, 0.5) is 0 Å². The number of nitrogens with two attached hydrogens (primary N) is 1. The summed E-state index contributed by atoms with van der Waals surface area (Å²) in [6.45, 7) is 1.53. The van der Waals surface area contributed by atoms with Crippen LogP contribution >= 0.6 is 11.6 Å². The zero-order valence-electron chi connectivity index (χ0n) is 11.1. The molecule has 0 bridgehead atoms. The van der Waals surface area contributed by atoms with Crippen molar-refractivity contribution >= 4 is 11.6 Å². The number of rotatable bonds is 2. The predicted octanol–water partition coefficient (Wildman–Crippen LogP) is 2.46. The van der Waals surface area contributed by atoms with Crippen LogP contribution in [0.25, 0.3) is 0 Å². The summed E-state index contributed by atoms with van der Waals surface area (Å²) in [5, 5.41) is 10.5. The molecule has 4 heteroatoms. The Bertz CT molecular complexity index is 457. The molecule has 1 aliphatic carbocycles. The van der Waals surface area contributed by atoms with Crippen LogP contribution < -0.4 is 5.73 Å². The van der Waals surface area contributed by atoms with Gasteiger partial charge < -0.3 is 10.8 Å². The molecule has 0 aromatic heterocycles. The zero-order chi connectivity index (χ0) is 13.4. The van der Waals surface area contributed by atoms with Gasteiger partial charge in [-0.3, -0.25) is 4.90 Å². The molecule has 19 heavy (non-hydrogen) atoms. The maximum Gasteiger partial charge on any atom is 0.0541 e. The fourth-order valence-electron chi connectivity index (χ4n) is 3.56. The lowest BCUT2D eigenvalue weighted by atomic mass is 9.91. The zero-order valence-corrected chi connectivity index (χ0v) is 11.8. The van der Waals surface area contributed by atoms with Gasteiger partial charge in [-0.2, -0.15) is 0 Å². The number of fused-ring (bicyclic) bond motifs is 1. The minimum absolute atomic E-state index is 0.110. The Kier molecular flexibility index (Phi) is 3.81. The molecule has 3 N–H and O–H groups in total. The molecule has 3 rings (SSSR count). The maximum atomic E-state index is 9.65. The number of nitrogens with zero attached hydrogens (tertiary/aromatic N) is 1. The fraction of sp³-hybridized carbons (Fsp3) is 0.600. The van der Waals surface area contributed by atoms with E-state index < -0.39 is 0 Å². The van der Waals surface area contributed by atoms with Gasteiger partial charge in [0.25, 0.3) is 0 Å². The monoisotopic (exact) mass is 280 g/mol. The first-order chi connectivity index (χ1) is 9.20. The Morgan fingerprint density at radius 2 is 2.00 bits per heavy atom. The van der Waals surface area contributed by atoms with E-state index in [4.69, 9.17) is 17.3 Å². The average Bonchev–Trinajstić information content (AvgIpc) is 2.79. The second-order valence-corrected chi connectivity index (χ2v) is 6.10.